The molecule has 1 aromatic heterocycles. The lowest BCUT2D eigenvalue weighted by Crippen LogP contribution is -2.29. The lowest BCUT2D eigenvalue weighted by Gasteiger charge is -2.23. The van der Waals surface area contributed by atoms with Crippen LogP contribution in [0.25, 0.3) is 0 Å². The summed E-state index contributed by atoms with van der Waals surface area (Å²) in [5.74, 6) is 1.12. The fourth-order valence-electron chi connectivity index (χ4n) is 2.21. The fourth-order valence-corrected chi connectivity index (χ4v) is 2.21. The van der Waals surface area contributed by atoms with Gasteiger partial charge in [-0.05, 0) is 25.5 Å². The Morgan fingerprint density at radius 2 is 2.33 bits per heavy atom. The molecule has 2 rings (SSSR count). The molecule has 18 heavy (non-hydrogen) atoms. The minimum atomic E-state index is 0.804. The Labute approximate surface area is 109 Å². The van der Waals surface area contributed by atoms with Crippen molar-refractivity contribution in [3.05, 3.63) is 23.9 Å². The highest BCUT2D eigenvalue weighted by Gasteiger charge is 2.14. The Kier molecular flexibility index (Phi) is 5.42. The van der Waals surface area contributed by atoms with Gasteiger partial charge in [-0.15, -0.1) is 0 Å². The summed E-state index contributed by atoms with van der Waals surface area (Å²) in [7, 11) is 0. The van der Waals surface area contributed by atoms with E-state index in [0.717, 1.165) is 58.1 Å². The van der Waals surface area contributed by atoms with Gasteiger partial charge < -0.3 is 15.0 Å². The van der Waals surface area contributed by atoms with Crippen molar-refractivity contribution < 1.29 is 4.74 Å². The number of hydrogen-bond donors (Lipinski definition) is 1. The molecule has 100 valence electrons. The van der Waals surface area contributed by atoms with E-state index in [2.05, 4.69) is 28.2 Å². The maximum Gasteiger partial charge on any atom is 0.133 e. The molecular weight excluding hydrogens is 226 g/mol. The number of pyridine rings is 1. The number of anilines is 1. The molecule has 0 atom stereocenters. The maximum atomic E-state index is 5.50. The van der Waals surface area contributed by atoms with Crippen LogP contribution in [0.4, 0.5) is 5.82 Å². The number of rotatable bonds is 5. The summed E-state index contributed by atoms with van der Waals surface area (Å²) >= 11 is 0. The van der Waals surface area contributed by atoms with Crippen LogP contribution in [0.1, 0.15) is 25.3 Å². The molecule has 0 spiro atoms. The molecule has 1 aliphatic rings. The third-order valence-corrected chi connectivity index (χ3v) is 3.13. The monoisotopic (exact) mass is 249 g/mol. The van der Waals surface area contributed by atoms with Gasteiger partial charge in [0, 0.05) is 38.0 Å². The first-order valence-electron chi connectivity index (χ1n) is 6.89. The average Bonchev–Trinajstić information content (AvgIpc) is 2.68. The van der Waals surface area contributed by atoms with Gasteiger partial charge in [-0.25, -0.2) is 4.98 Å². The zero-order valence-electron chi connectivity index (χ0n) is 11.2. The van der Waals surface area contributed by atoms with Gasteiger partial charge in [0.25, 0.3) is 0 Å². The molecule has 1 aliphatic heterocycles. The van der Waals surface area contributed by atoms with E-state index in [4.69, 9.17) is 4.74 Å². The van der Waals surface area contributed by atoms with Crippen molar-refractivity contribution in [2.24, 2.45) is 0 Å². The fraction of sp³-hybridized carbons (Fsp3) is 0.643. The zero-order valence-corrected chi connectivity index (χ0v) is 11.2. The summed E-state index contributed by atoms with van der Waals surface area (Å²) in [5.41, 5.74) is 1.29. The maximum absolute atomic E-state index is 5.50. The van der Waals surface area contributed by atoms with Gasteiger partial charge in [0.1, 0.15) is 5.82 Å². The molecule has 0 amide bonds. The van der Waals surface area contributed by atoms with Gasteiger partial charge in [-0.3, -0.25) is 0 Å². The summed E-state index contributed by atoms with van der Waals surface area (Å²) in [6.45, 7) is 7.79. The summed E-state index contributed by atoms with van der Waals surface area (Å²) in [6, 6.07) is 4.18. The Bertz CT molecular complexity index is 349. The van der Waals surface area contributed by atoms with Crippen LogP contribution in [0, 0.1) is 0 Å². The van der Waals surface area contributed by atoms with Crippen molar-refractivity contribution in [2.75, 3.05) is 37.7 Å². The van der Waals surface area contributed by atoms with E-state index in [0.29, 0.717) is 0 Å². The van der Waals surface area contributed by atoms with Crippen LogP contribution in [0.15, 0.2) is 18.3 Å². The van der Waals surface area contributed by atoms with Gasteiger partial charge in [-0.1, -0.05) is 13.0 Å². The van der Waals surface area contributed by atoms with E-state index in [-0.39, 0.29) is 0 Å². The average molecular weight is 249 g/mol. The summed E-state index contributed by atoms with van der Waals surface area (Å²) < 4.78 is 5.50. The molecule has 1 saturated heterocycles. The third-order valence-electron chi connectivity index (χ3n) is 3.13. The molecule has 1 N–H and O–H groups in total. The van der Waals surface area contributed by atoms with E-state index < -0.39 is 0 Å². The van der Waals surface area contributed by atoms with Crippen molar-refractivity contribution in [3.63, 3.8) is 0 Å². The summed E-state index contributed by atoms with van der Waals surface area (Å²) in [6.07, 6.45) is 4.12. The quantitative estimate of drug-likeness (QED) is 0.808. The first-order chi connectivity index (χ1) is 8.92. The molecule has 2 heterocycles. The molecule has 4 nitrogen and oxygen atoms in total. The molecule has 0 aliphatic carbocycles. The first-order valence-corrected chi connectivity index (χ1v) is 6.89. The second kappa shape index (κ2) is 7.34. The van der Waals surface area contributed by atoms with E-state index in [9.17, 15) is 0 Å². The smallest absolute Gasteiger partial charge is 0.133 e. The normalized spacial score (nSPS) is 16.6. The Morgan fingerprint density at radius 3 is 3.22 bits per heavy atom. The van der Waals surface area contributed by atoms with Crippen LogP contribution in [-0.4, -0.2) is 37.8 Å². The molecule has 0 bridgehead atoms. The first kappa shape index (κ1) is 13.3. The summed E-state index contributed by atoms with van der Waals surface area (Å²) in [4.78, 5) is 6.90. The number of nitrogens with one attached hydrogen (secondary N) is 1. The van der Waals surface area contributed by atoms with Crippen molar-refractivity contribution in [1.29, 1.82) is 0 Å². The predicted octanol–water partition coefficient (Wildman–Crippen LogP) is 1.81. The Hall–Kier alpha value is -1.13. The Morgan fingerprint density at radius 1 is 1.39 bits per heavy atom. The molecular formula is C14H23N3O. The van der Waals surface area contributed by atoms with Gasteiger partial charge >= 0.3 is 0 Å². The second-order valence-corrected chi connectivity index (χ2v) is 4.62. The highest BCUT2D eigenvalue weighted by Crippen LogP contribution is 2.18. The van der Waals surface area contributed by atoms with Gasteiger partial charge in [-0.2, -0.15) is 0 Å². The SMILES string of the molecule is CCCNCc1cccnc1N1CCCOCC1. The third kappa shape index (κ3) is 3.68. The van der Waals surface area contributed by atoms with Crippen LogP contribution < -0.4 is 10.2 Å². The van der Waals surface area contributed by atoms with Gasteiger partial charge in [0.15, 0.2) is 0 Å². The van der Waals surface area contributed by atoms with Crippen molar-refractivity contribution >= 4 is 5.82 Å². The molecule has 0 unspecified atom stereocenters. The highest BCUT2D eigenvalue weighted by molar-refractivity contribution is 5.46. The van der Waals surface area contributed by atoms with Crippen LogP contribution in [0.3, 0.4) is 0 Å². The van der Waals surface area contributed by atoms with Gasteiger partial charge in [0.2, 0.25) is 0 Å². The van der Waals surface area contributed by atoms with Crippen LogP contribution in [0.2, 0.25) is 0 Å². The number of hydrogen-bond acceptors (Lipinski definition) is 4. The van der Waals surface area contributed by atoms with Crippen LogP contribution in [0.5, 0.6) is 0 Å². The van der Waals surface area contributed by atoms with E-state index in [1.54, 1.807) is 0 Å². The number of aromatic nitrogens is 1. The standard InChI is InChI=1S/C14H23N3O/c1-2-6-15-12-13-5-3-7-16-14(13)17-8-4-10-18-11-9-17/h3,5,7,15H,2,4,6,8-12H2,1H3. The van der Waals surface area contributed by atoms with E-state index in [1.807, 2.05) is 12.3 Å². The lowest BCUT2D eigenvalue weighted by atomic mass is 10.2. The van der Waals surface area contributed by atoms with Gasteiger partial charge in [0.05, 0.1) is 6.61 Å². The van der Waals surface area contributed by atoms with Crippen molar-refractivity contribution in [3.8, 4) is 0 Å². The van der Waals surface area contributed by atoms with Crippen LogP contribution >= 0.6 is 0 Å². The minimum Gasteiger partial charge on any atom is -0.380 e. The molecule has 0 aromatic carbocycles. The zero-order chi connectivity index (χ0) is 12.6. The number of ether oxygens (including phenoxy) is 1. The van der Waals surface area contributed by atoms with E-state index >= 15 is 0 Å². The molecule has 4 heteroatoms. The van der Waals surface area contributed by atoms with Crippen LogP contribution in [-0.2, 0) is 11.3 Å². The lowest BCUT2D eigenvalue weighted by molar-refractivity contribution is 0.152. The Balaban J connectivity index is 2.05. The van der Waals surface area contributed by atoms with E-state index in [1.165, 1.54) is 5.56 Å². The minimum absolute atomic E-state index is 0.804. The highest BCUT2D eigenvalue weighted by atomic mass is 16.5. The number of nitrogens with zero attached hydrogens (tertiary/aromatic N) is 2. The topological polar surface area (TPSA) is 37.4 Å². The van der Waals surface area contributed by atoms with Crippen molar-refractivity contribution in [1.82, 2.24) is 10.3 Å². The molecule has 1 aromatic rings. The second-order valence-electron chi connectivity index (χ2n) is 4.62. The summed E-state index contributed by atoms with van der Waals surface area (Å²) in [5, 5.41) is 3.45. The molecule has 1 fully saturated rings. The predicted molar refractivity (Wildman–Crippen MR) is 73.9 cm³/mol. The van der Waals surface area contributed by atoms with Crippen molar-refractivity contribution in [2.45, 2.75) is 26.3 Å². The molecule has 0 radical (unpaired) electrons. The molecule has 0 saturated carbocycles. The largest absolute Gasteiger partial charge is 0.380 e.